The molecule has 2 aromatic rings. The van der Waals surface area contributed by atoms with E-state index in [0.29, 0.717) is 30.9 Å². The number of methoxy groups -OCH3 is 1. The van der Waals surface area contributed by atoms with Gasteiger partial charge in [0.1, 0.15) is 0 Å². The molecule has 3 N–H and O–H groups in total. The van der Waals surface area contributed by atoms with Crippen LogP contribution in [-0.2, 0) is 16.1 Å². The average molecular weight is 438 g/mol. The van der Waals surface area contributed by atoms with Gasteiger partial charge >= 0.3 is 0 Å². The SMILES string of the molecule is COc1ccc(C2CC(=O)N(CC(=O)Nc3ccccc3CN)C2)cc1OC1CCCC1. The van der Waals surface area contributed by atoms with Crippen LogP contribution in [0.1, 0.15) is 49.1 Å². The van der Waals surface area contributed by atoms with Crippen molar-refractivity contribution in [3.63, 3.8) is 0 Å². The molecule has 2 aromatic carbocycles. The number of nitrogens with zero attached hydrogens (tertiary/aromatic N) is 1. The van der Waals surface area contributed by atoms with Gasteiger partial charge in [0.25, 0.3) is 0 Å². The van der Waals surface area contributed by atoms with Crippen LogP contribution in [0.15, 0.2) is 42.5 Å². The van der Waals surface area contributed by atoms with Gasteiger partial charge < -0.3 is 25.4 Å². The molecule has 7 nitrogen and oxygen atoms in total. The van der Waals surface area contributed by atoms with Crippen molar-refractivity contribution in [1.29, 1.82) is 0 Å². The molecule has 2 fully saturated rings. The predicted molar refractivity (Wildman–Crippen MR) is 123 cm³/mol. The average Bonchev–Trinajstić information content (AvgIpc) is 3.44. The molecule has 0 bridgehead atoms. The molecule has 1 unspecified atom stereocenters. The Hall–Kier alpha value is -3.06. The van der Waals surface area contributed by atoms with Crippen molar-refractivity contribution >= 4 is 17.5 Å². The molecule has 1 atom stereocenters. The molecule has 1 heterocycles. The van der Waals surface area contributed by atoms with E-state index in [1.54, 1.807) is 12.0 Å². The minimum atomic E-state index is -0.222. The summed E-state index contributed by atoms with van der Waals surface area (Å²) in [6.07, 6.45) is 5.10. The summed E-state index contributed by atoms with van der Waals surface area (Å²) in [6.45, 7) is 0.861. The van der Waals surface area contributed by atoms with Gasteiger partial charge in [-0.15, -0.1) is 0 Å². The lowest BCUT2D eigenvalue weighted by Crippen LogP contribution is -2.34. The number of nitrogens with one attached hydrogen (secondary N) is 1. The molecule has 1 aliphatic carbocycles. The minimum absolute atomic E-state index is 0.0171. The lowest BCUT2D eigenvalue weighted by Gasteiger charge is -2.19. The van der Waals surface area contributed by atoms with Crippen LogP contribution in [-0.4, -0.2) is 43.0 Å². The fourth-order valence-corrected chi connectivity index (χ4v) is 4.56. The third-order valence-corrected chi connectivity index (χ3v) is 6.32. The largest absolute Gasteiger partial charge is 0.493 e. The predicted octanol–water partition coefficient (Wildman–Crippen LogP) is 3.43. The second-order valence-electron chi connectivity index (χ2n) is 8.52. The van der Waals surface area contributed by atoms with Gasteiger partial charge in [-0.05, 0) is 55.0 Å². The second kappa shape index (κ2) is 10.0. The quantitative estimate of drug-likeness (QED) is 0.660. The van der Waals surface area contributed by atoms with Crippen LogP contribution in [0.5, 0.6) is 11.5 Å². The van der Waals surface area contributed by atoms with Crippen molar-refractivity contribution in [1.82, 2.24) is 4.90 Å². The van der Waals surface area contributed by atoms with Gasteiger partial charge in [-0.3, -0.25) is 9.59 Å². The first-order chi connectivity index (χ1) is 15.6. The molecule has 0 spiro atoms. The molecule has 0 radical (unpaired) electrons. The lowest BCUT2D eigenvalue weighted by molar-refractivity contribution is -0.131. The zero-order valence-corrected chi connectivity index (χ0v) is 18.5. The molecule has 1 saturated heterocycles. The molecule has 0 aromatic heterocycles. The van der Waals surface area contributed by atoms with E-state index in [0.717, 1.165) is 29.7 Å². The zero-order chi connectivity index (χ0) is 22.5. The molecule has 2 amide bonds. The van der Waals surface area contributed by atoms with E-state index in [1.807, 2.05) is 42.5 Å². The molecule has 32 heavy (non-hydrogen) atoms. The number of likely N-dealkylation sites (tertiary alicyclic amines) is 1. The number of nitrogens with two attached hydrogens (primary N) is 1. The molecular formula is C25H31N3O4. The lowest BCUT2D eigenvalue weighted by atomic mass is 9.98. The van der Waals surface area contributed by atoms with E-state index in [-0.39, 0.29) is 30.4 Å². The highest BCUT2D eigenvalue weighted by Gasteiger charge is 2.32. The first-order valence-electron chi connectivity index (χ1n) is 11.3. The summed E-state index contributed by atoms with van der Waals surface area (Å²) in [5.41, 5.74) is 8.32. The summed E-state index contributed by atoms with van der Waals surface area (Å²) >= 11 is 0. The highest BCUT2D eigenvalue weighted by atomic mass is 16.5. The Morgan fingerprint density at radius 2 is 1.94 bits per heavy atom. The van der Waals surface area contributed by atoms with Crippen LogP contribution in [0.2, 0.25) is 0 Å². The third-order valence-electron chi connectivity index (χ3n) is 6.32. The number of carbonyl (C=O) groups excluding carboxylic acids is 2. The van der Waals surface area contributed by atoms with E-state index < -0.39 is 0 Å². The van der Waals surface area contributed by atoms with Crippen LogP contribution in [0.3, 0.4) is 0 Å². The zero-order valence-electron chi connectivity index (χ0n) is 18.5. The first-order valence-corrected chi connectivity index (χ1v) is 11.3. The molecule has 7 heteroatoms. The number of anilines is 1. The molecule has 1 aliphatic heterocycles. The molecule has 4 rings (SSSR count). The van der Waals surface area contributed by atoms with Gasteiger partial charge in [0.05, 0.1) is 19.8 Å². The third kappa shape index (κ3) is 5.05. The molecule has 1 saturated carbocycles. The van der Waals surface area contributed by atoms with Gasteiger partial charge in [-0.25, -0.2) is 0 Å². The number of amides is 2. The molecule has 170 valence electrons. The number of para-hydroxylation sites is 1. The molecule has 2 aliphatic rings. The molecular weight excluding hydrogens is 406 g/mol. The summed E-state index contributed by atoms with van der Waals surface area (Å²) in [6, 6.07) is 13.3. The van der Waals surface area contributed by atoms with Crippen LogP contribution in [0, 0.1) is 0 Å². The number of ether oxygens (including phenoxy) is 2. The fraction of sp³-hybridized carbons (Fsp3) is 0.440. The maximum absolute atomic E-state index is 12.6. The number of hydrogen-bond donors (Lipinski definition) is 2. The first kappa shape index (κ1) is 22.1. The topological polar surface area (TPSA) is 93.9 Å². The Morgan fingerprint density at radius 1 is 1.16 bits per heavy atom. The Morgan fingerprint density at radius 3 is 2.69 bits per heavy atom. The van der Waals surface area contributed by atoms with Crippen LogP contribution in [0.25, 0.3) is 0 Å². The standard InChI is InChI=1S/C25H31N3O4/c1-31-22-11-10-17(12-23(22)32-20-7-3-4-8-20)19-13-25(30)28(15-19)16-24(29)27-21-9-5-2-6-18(21)14-26/h2,5-6,9-12,19-20H,3-4,7-8,13-16,26H2,1H3,(H,27,29). The number of hydrogen-bond acceptors (Lipinski definition) is 5. The summed E-state index contributed by atoms with van der Waals surface area (Å²) < 4.78 is 11.7. The monoisotopic (exact) mass is 437 g/mol. The second-order valence-corrected chi connectivity index (χ2v) is 8.52. The van der Waals surface area contributed by atoms with Gasteiger partial charge in [0, 0.05) is 31.1 Å². The van der Waals surface area contributed by atoms with E-state index in [2.05, 4.69) is 5.32 Å². The van der Waals surface area contributed by atoms with Crippen molar-refractivity contribution < 1.29 is 19.1 Å². The van der Waals surface area contributed by atoms with Gasteiger partial charge in [0.2, 0.25) is 11.8 Å². The highest BCUT2D eigenvalue weighted by Crippen LogP contribution is 2.37. The Labute approximate surface area is 188 Å². The van der Waals surface area contributed by atoms with Crippen LogP contribution < -0.4 is 20.5 Å². The number of carbonyl (C=O) groups is 2. The normalized spacial score (nSPS) is 18.8. The van der Waals surface area contributed by atoms with E-state index >= 15 is 0 Å². The van der Waals surface area contributed by atoms with E-state index in [9.17, 15) is 9.59 Å². The van der Waals surface area contributed by atoms with Crippen LogP contribution >= 0.6 is 0 Å². The summed E-state index contributed by atoms with van der Waals surface area (Å²) in [5.74, 6) is 1.22. The van der Waals surface area contributed by atoms with Crippen LogP contribution in [0.4, 0.5) is 5.69 Å². The van der Waals surface area contributed by atoms with E-state index in [1.165, 1.54) is 12.8 Å². The summed E-state index contributed by atoms with van der Waals surface area (Å²) in [4.78, 5) is 26.8. The smallest absolute Gasteiger partial charge is 0.244 e. The fourth-order valence-electron chi connectivity index (χ4n) is 4.56. The van der Waals surface area contributed by atoms with Crippen molar-refractivity contribution in [2.75, 3.05) is 25.5 Å². The van der Waals surface area contributed by atoms with Gasteiger partial charge in [-0.1, -0.05) is 24.3 Å². The Kier molecular flexibility index (Phi) is 6.95. The maximum atomic E-state index is 12.6. The van der Waals surface area contributed by atoms with Crippen molar-refractivity contribution in [2.45, 2.75) is 50.7 Å². The van der Waals surface area contributed by atoms with Crippen molar-refractivity contribution in [3.05, 3.63) is 53.6 Å². The minimum Gasteiger partial charge on any atom is -0.493 e. The van der Waals surface area contributed by atoms with Crippen molar-refractivity contribution in [2.24, 2.45) is 5.73 Å². The number of benzene rings is 2. The Balaban J connectivity index is 1.41. The highest BCUT2D eigenvalue weighted by molar-refractivity contribution is 5.95. The summed E-state index contributed by atoms with van der Waals surface area (Å²) in [5, 5.41) is 2.88. The van der Waals surface area contributed by atoms with Crippen molar-refractivity contribution in [3.8, 4) is 11.5 Å². The van der Waals surface area contributed by atoms with Gasteiger partial charge in [-0.2, -0.15) is 0 Å². The number of rotatable bonds is 8. The maximum Gasteiger partial charge on any atom is 0.244 e. The van der Waals surface area contributed by atoms with Gasteiger partial charge in [0.15, 0.2) is 11.5 Å². The van der Waals surface area contributed by atoms with E-state index in [4.69, 9.17) is 15.2 Å². The summed E-state index contributed by atoms with van der Waals surface area (Å²) in [7, 11) is 1.64. The Bertz CT molecular complexity index is 971.